The van der Waals surface area contributed by atoms with Crippen molar-refractivity contribution in [1.82, 2.24) is 10.2 Å². The van der Waals surface area contributed by atoms with Crippen molar-refractivity contribution in [2.24, 2.45) is 0 Å². The van der Waals surface area contributed by atoms with E-state index in [0.29, 0.717) is 5.56 Å². The Morgan fingerprint density at radius 3 is 2.62 bits per heavy atom. The molecule has 0 radical (unpaired) electrons. The van der Waals surface area contributed by atoms with E-state index in [2.05, 4.69) is 15.5 Å². The van der Waals surface area contributed by atoms with Crippen LogP contribution in [0.4, 0.5) is 19.2 Å². The fraction of sp³-hybridized carbons (Fsp3) is 0.0714. The molecule has 3 rings (SSSR count). The van der Waals surface area contributed by atoms with Crippen LogP contribution in [0.1, 0.15) is 9.67 Å². The van der Waals surface area contributed by atoms with Crippen LogP contribution in [-0.2, 0) is 0 Å². The lowest BCUT2D eigenvalue weighted by atomic mass is 10.2. The van der Waals surface area contributed by atoms with Crippen molar-refractivity contribution < 1.29 is 22.4 Å². The summed E-state index contributed by atoms with van der Waals surface area (Å²) in [6.45, 7) is 0. The third kappa shape index (κ3) is 3.95. The molecule has 0 atom stereocenters. The molecule has 0 unspecified atom stereocenters. The number of rotatable bonds is 4. The molecule has 1 N–H and O–H groups in total. The van der Waals surface area contributed by atoms with Crippen LogP contribution < -0.4 is 5.32 Å². The van der Waals surface area contributed by atoms with E-state index >= 15 is 0 Å². The van der Waals surface area contributed by atoms with E-state index in [4.69, 9.17) is 4.42 Å². The smallest absolute Gasteiger partial charge is 0.403 e. The minimum Gasteiger partial charge on any atom is -0.403 e. The topological polar surface area (TPSA) is 68.0 Å². The highest BCUT2D eigenvalue weighted by Crippen LogP contribution is 2.40. The average molecular weight is 371 g/mol. The molecule has 0 aliphatic heterocycles. The van der Waals surface area contributed by atoms with Gasteiger partial charge in [0.05, 0.1) is 0 Å². The van der Waals surface area contributed by atoms with E-state index in [1.54, 1.807) is 24.3 Å². The van der Waals surface area contributed by atoms with Gasteiger partial charge in [-0.1, -0.05) is 23.3 Å². The summed E-state index contributed by atoms with van der Waals surface area (Å²) in [4.78, 5) is 11.9. The third-order valence-corrected chi connectivity index (χ3v) is 4.56. The number of carbonyl (C=O) groups is 1. The molecule has 5 nitrogen and oxygen atoms in total. The second kappa shape index (κ2) is 6.65. The highest BCUT2D eigenvalue weighted by molar-refractivity contribution is 8.00. The second-order valence-electron chi connectivity index (χ2n) is 4.39. The molecular weight excluding hydrogens is 363 g/mol. The van der Waals surface area contributed by atoms with Crippen LogP contribution >= 0.6 is 23.1 Å². The number of carbonyl (C=O) groups excluding carboxylic acids is 1. The van der Waals surface area contributed by atoms with Crippen molar-refractivity contribution >= 4 is 35.0 Å². The van der Waals surface area contributed by atoms with Crippen LogP contribution in [0.3, 0.4) is 0 Å². The summed E-state index contributed by atoms with van der Waals surface area (Å²) in [6.07, 6.45) is 0. The quantitative estimate of drug-likeness (QED) is 0.676. The number of amides is 1. The Kier molecular flexibility index (Phi) is 4.58. The first kappa shape index (κ1) is 16.5. The van der Waals surface area contributed by atoms with Gasteiger partial charge in [0.1, 0.15) is 4.88 Å². The molecule has 0 bridgehead atoms. The maximum Gasteiger partial charge on any atom is 0.446 e. The van der Waals surface area contributed by atoms with Gasteiger partial charge in [-0.3, -0.25) is 10.1 Å². The van der Waals surface area contributed by atoms with E-state index in [1.807, 2.05) is 6.07 Å². The Balaban J connectivity index is 1.75. The molecule has 2 aromatic heterocycles. The van der Waals surface area contributed by atoms with E-state index in [1.165, 1.54) is 11.4 Å². The number of anilines is 1. The number of thioether (sulfide) groups is 1. The van der Waals surface area contributed by atoms with Gasteiger partial charge in [0.25, 0.3) is 5.91 Å². The SMILES string of the molecule is O=C(Nc1nnc(-c2ccccc2)o1)c1sccc1SC(F)(F)F. The highest BCUT2D eigenvalue weighted by atomic mass is 32.2. The first-order chi connectivity index (χ1) is 11.4. The number of halogens is 3. The maximum absolute atomic E-state index is 12.5. The van der Waals surface area contributed by atoms with Gasteiger partial charge < -0.3 is 4.42 Å². The lowest BCUT2D eigenvalue weighted by molar-refractivity contribution is -0.0328. The van der Waals surface area contributed by atoms with Crippen molar-refractivity contribution in [3.05, 3.63) is 46.7 Å². The van der Waals surface area contributed by atoms with Gasteiger partial charge in [-0.25, -0.2) is 0 Å². The number of hydrogen-bond donors (Lipinski definition) is 1. The Hall–Kier alpha value is -2.33. The standard InChI is InChI=1S/C14H8F3N3O2S2/c15-14(16,17)24-9-6-7-23-10(9)11(21)18-13-20-19-12(22-13)8-4-2-1-3-5-8/h1-7H,(H,18,20,21). The lowest BCUT2D eigenvalue weighted by Crippen LogP contribution is -2.12. The van der Waals surface area contributed by atoms with Gasteiger partial charge >= 0.3 is 11.5 Å². The molecule has 10 heteroatoms. The summed E-state index contributed by atoms with van der Waals surface area (Å²) in [7, 11) is 0. The summed E-state index contributed by atoms with van der Waals surface area (Å²) in [5.41, 5.74) is -3.81. The summed E-state index contributed by atoms with van der Waals surface area (Å²) in [5, 5.41) is 11.2. The molecule has 24 heavy (non-hydrogen) atoms. The minimum atomic E-state index is -4.47. The van der Waals surface area contributed by atoms with Gasteiger partial charge in [-0.15, -0.1) is 16.4 Å². The van der Waals surface area contributed by atoms with Crippen LogP contribution in [0.25, 0.3) is 11.5 Å². The fourth-order valence-electron chi connectivity index (χ4n) is 1.79. The molecule has 0 aliphatic rings. The number of nitrogens with zero attached hydrogens (tertiary/aromatic N) is 2. The first-order valence-corrected chi connectivity index (χ1v) is 8.15. The number of thiophene rings is 1. The normalized spacial score (nSPS) is 11.5. The molecule has 0 saturated carbocycles. The van der Waals surface area contributed by atoms with Crippen molar-refractivity contribution in [3.63, 3.8) is 0 Å². The van der Waals surface area contributed by atoms with Gasteiger partial charge in [-0.2, -0.15) is 13.2 Å². The number of benzene rings is 1. The Morgan fingerprint density at radius 1 is 1.17 bits per heavy atom. The molecule has 3 aromatic rings. The largest absolute Gasteiger partial charge is 0.446 e. The van der Waals surface area contributed by atoms with E-state index in [9.17, 15) is 18.0 Å². The zero-order chi connectivity index (χ0) is 17.2. The molecule has 124 valence electrons. The van der Waals surface area contributed by atoms with Gasteiger partial charge in [0.15, 0.2) is 0 Å². The molecule has 0 saturated heterocycles. The van der Waals surface area contributed by atoms with Crippen LogP contribution in [0, 0.1) is 0 Å². The number of alkyl halides is 3. The minimum absolute atomic E-state index is 0.0724. The van der Waals surface area contributed by atoms with E-state index in [0.717, 1.165) is 11.3 Å². The van der Waals surface area contributed by atoms with E-state index in [-0.39, 0.29) is 33.4 Å². The number of nitrogens with one attached hydrogen (secondary N) is 1. The van der Waals surface area contributed by atoms with Crippen LogP contribution in [0.5, 0.6) is 0 Å². The van der Waals surface area contributed by atoms with Crippen LogP contribution in [-0.4, -0.2) is 21.6 Å². The predicted molar refractivity (Wildman–Crippen MR) is 83.9 cm³/mol. The van der Waals surface area contributed by atoms with Gasteiger partial charge in [0, 0.05) is 10.5 Å². The molecule has 2 heterocycles. The second-order valence-corrected chi connectivity index (χ2v) is 6.42. The summed E-state index contributed by atoms with van der Waals surface area (Å²) >= 11 is 0.556. The molecule has 1 aromatic carbocycles. The summed E-state index contributed by atoms with van der Waals surface area (Å²) < 4.78 is 42.7. The van der Waals surface area contributed by atoms with Crippen LogP contribution in [0.2, 0.25) is 0 Å². The average Bonchev–Trinajstić information content (AvgIpc) is 3.16. The maximum atomic E-state index is 12.5. The molecule has 0 spiro atoms. The molecule has 1 amide bonds. The fourth-order valence-corrected chi connectivity index (χ4v) is 3.40. The lowest BCUT2D eigenvalue weighted by Gasteiger charge is -2.05. The highest BCUT2D eigenvalue weighted by Gasteiger charge is 2.32. The van der Waals surface area contributed by atoms with Gasteiger partial charge in [-0.05, 0) is 35.3 Å². The first-order valence-electron chi connectivity index (χ1n) is 6.46. The third-order valence-electron chi connectivity index (χ3n) is 2.73. The monoisotopic (exact) mass is 371 g/mol. The van der Waals surface area contributed by atoms with E-state index < -0.39 is 11.4 Å². The van der Waals surface area contributed by atoms with Crippen molar-refractivity contribution in [2.75, 3.05) is 5.32 Å². The Morgan fingerprint density at radius 2 is 1.92 bits per heavy atom. The molecular formula is C14H8F3N3O2S2. The zero-order valence-electron chi connectivity index (χ0n) is 11.7. The molecule has 0 aliphatic carbocycles. The van der Waals surface area contributed by atoms with Crippen molar-refractivity contribution in [2.45, 2.75) is 10.4 Å². The van der Waals surface area contributed by atoms with Crippen LogP contribution in [0.15, 0.2) is 51.1 Å². The molecule has 0 fully saturated rings. The summed E-state index contributed by atoms with van der Waals surface area (Å²) in [6, 6.07) is 9.93. The zero-order valence-corrected chi connectivity index (χ0v) is 13.3. The predicted octanol–water partition coefficient (Wildman–Crippen LogP) is 4.66. The van der Waals surface area contributed by atoms with Crippen molar-refractivity contribution in [1.29, 1.82) is 0 Å². The van der Waals surface area contributed by atoms with Gasteiger partial charge in [0.2, 0.25) is 5.89 Å². The number of aromatic nitrogens is 2. The summed E-state index contributed by atoms with van der Waals surface area (Å²) in [5.74, 6) is -0.540. The Labute approximate surface area is 141 Å². The Bertz CT molecular complexity index is 846. The number of hydrogen-bond acceptors (Lipinski definition) is 6. The van der Waals surface area contributed by atoms with Crippen molar-refractivity contribution in [3.8, 4) is 11.5 Å².